The fourth-order valence-corrected chi connectivity index (χ4v) is 1.87. The molecule has 0 aliphatic carbocycles. The van der Waals surface area contributed by atoms with Crippen molar-refractivity contribution in [2.45, 2.75) is 58.6 Å². The Bertz CT molecular complexity index is 366. The molecule has 0 radical (unpaired) electrons. The van der Waals surface area contributed by atoms with Crippen molar-refractivity contribution in [2.75, 3.05) is 0 Å². The molecule has 0 amide bonds. The average Bonchev–Trinajstić information content (AvgIpc) is 2.75. The van der Waals surface area contributed by atoms with Crippen LogP contribution in [-0.2, 0) is 16.6 Å². The molecular formula is C14H25ClN2O2. The number of hydrogen-bond acceptors (Lipinski definition) is 2. The Balaban J connectivity index is 0.00000324. The zero-order valence-electron chi connectivity index (χ0n) is 12.1. The highest BCUT2D eigenvalue weighted by atomic mass is 35.5. The van der Waals surface area contributed by atoms with Crippen molar-refractivity contribution in [3.63, 3.8) is 0 Å². The number of halogens is 1. The fourth-order valence-electron chi connectivity index (χ4n) is 1.87. The molecule has 5 heteroatoms. The maximum atomic E-state index is 11.6. The summed E-state index contributed by atoms with van der Waals surface area (Å²) in [6.45, 7) is 4.07. The van der Waals surface area contributed by atoms with E-state index in [1.807, 2.05) is 41.8 Å². The number of hydrogen-bond donors (Lipinski definition) is 0. The Morgan fingerprint density at radius 3 is 2.58 bits per heavy atom. The van der Waals surface area contributed by atoms with Crippen LogP contribution in [0, 0.1) is 0 Å². The van der Waals surface area contributed by atoms with Gasteiger partial charge < -0.3 is 17.1 Å². The van der Waals surface area contributed by atoms with E-state index in [1.54, 1.807) is 0 Å². The van der Waals surface area contributed by atoms with Crippen LogP contribution in [0.25, 0.3) is 0 Å². The first-order chi connectivity index (χ1) is 8.63. The predicted octanol–water partition coefficient (Wildman–Crippen LogP) is -0.261. The molecule has 0 aliphatic heterocycles. The van der Waals surface area contributed by atoms with E-state index in [1.165, 1.54) is 19.3 Å². The number of rotatable bonds is 8. The SMILES string of the molecule is CCCCCCCC(=O)OC(C)n1cc[n+](C)c1.[Cl-]. The van der Waals surface area contributed by atoms with Crippen LogP contribution in [-0.4, -0.2) is 10.5 Å². The second-order valence-electron chi connectivity index (χ2n) is 4.78. The largest absolute Gasteiger partial charge is 1.00 e. The standard InChI is InChI=1S/C14H25N2O2.ClH/c1-4-5-6-7-8-9-14(17)18-13(2)16-11-10-15(3)12-16;/h10-13H,4-9H2,1-3H3;1H/q+1;/p-1. The summed E-state index contributed by atoms with van der Waals surface area (Å²) in [6.07, 6.45) is 11.8. The normalized spacial score (nSPS) is 11.7. The maximum Gasteiger partial charge on any atom is 0.309 e. The lowest BCUT2D eigenvalue weighted by atomic mass is 10.1. The predicted molar refractivity (Wildman–Crippen MR) is 69.8 cm³/mol. The minimum Gasteiger partial charge on any atom is -1.00 e. The van der Waals surface area contributed by atoms with Crippen LogP contribution >= 0.6 is 0 Å². The number of unbranched alkanes of at least 4 members (excludes halogenated alkanes) is 4. The molecule has 1 rings (SSSR count). The summed E-state index contributed by atoms with van der Waals surface area (Å²) < 4.78 is 9.18. The Morgan fingerprint density at radius 2 is 2.00 bits per heavy atom. The molecule has 0 saturated carbocycles. The number of carbonyl (C=O) groups is 1. The molecule has 0 spiro atoms. The maximum absolute atomic E-state index is 11.6. The topological polar surface area (TPSA) is 35.1 Å². The summed E-state index contributed by atoms with van der Waals surface area (Å²) in [7, 11) is 1.94. The van der Waals surface area contributed by atoms with E-state index in [4.69, 9.17) is 4.74 Å². The van der Waals surface area contributed by atoms with Crippen molar-refractivity contribution < 1.29 is 26.5 Å². The monoisotopic (exact) mass is 288 g/mol. The number of aryl methyl sites for hydroxylation is 1. The summed E-state index contributed by atoms with van der Waals surface area (Å²) in [5, 5.41) is 0. The molecule has 0 aliphatic rings. The highest BCUT2D eigenvalue weighted by Gasteiger charge is 2.14. The van der Waals surface area contributed by atoms with Gasteiger partial charge in [0.05, 0.1) is 7.05 Å². The van der Waals surface area contributed by atoms with Crippen molar-refractivity contribution in [1.82, 2.24) is 4.57 Å². The summed E-state index contributed by atoms with van der Waals surface area (Å²) in [4.78, 5) is 11.6. The van der Waals surface area contributed by atoms with Crippen molar-refractivity contribution in [3.8, 4) is 0 Å². The number of aromatic nitrogens is 2. The molecule has 1 aromatic rings. The number of carbonyl (C=O) groups excluding carboxylic acids is 1. The first kappa shape index (κ1) is 18.0. The van der Waals surface area contributed by atoms with Gasteiger partial charge in [-0.05, 0) is 6.42 Å². The van der Waals surface area contributed by atoms with Gasteiger partial charge in [0.15, 0.2) is 0 Å². The smallest absolute Gasteiger partial charge is 0.309 e. The molecule has 1 aromatic heterocycles. The lowest BCUT2D eigenvalue weighted by Gasteiger charge is -2.09. The second kappa shape index (κ2) is 9.84. The molecule has 4 nitrogen and oxygen atoms in total. The first-order valence-electron chi connectivity index (χ1n) is 6.85. The van der Waals surface area contributed by atoms with E-state index in [0.29, 0.717) is 6.42 Å². The van der Waals surface area contributed by atoms with Gasteiger partial charge in [-0.1, -0.05) is 32.6 Å². The van der Waals surface area contributed by atoms with Crippen LogP contribution in [0.5, 0.6) is 0 Å². The number of imidazole rings is 1. The molecule has 19 heavy (non-hydrogen) atoms. The van der Waals surface area contributed by atoms with E-state index < -0.39 is 0 Å². The van der Waals surface area contributed by atoms with E-state index in [-0.39, 0.29) is 24.6 Å². The van der Waals surface area contributed by atoms with Crippen molar-refractivity contribution >= 4 is 5.97 Å². The molecule has 0 saturated heterocycles. The molecule has 1 heterocycles. The quantitative estimate of drug-likeness (QED) is 0.375. The second-order valence-corrected chi connectivity index (χ2v) is 4.78. The highest BCUT2D eigenvalue weighted by Crippen LogP contribution is 2.10. The Hall–Kier alpha value is -1.03. The van der Waals surface area contributed by atoms with Crippen LogP contribution in [0.15, 0.2) is 18.7 Å². The van der Waals surface area contributed by atoms with Gasteiger partial charge in [-0.15, -0.1) is 0 Å². The molecule has 0 bridgehead atoms. The zero-order valence-corrected chi connectivity index (χ0v) is 12.9. The van der Waals surface area contributed by atoms with E-state index in [2.05, 4.69) is 6.92 Å². The minimum absolute atomic E-state index is 0. The van der Waals surface area contributed by atoms with Gasteiger partial charge in [-0.25, -0.2) is 4.57 Å². The summed E-state index contributed by atoms with van der Waals surface area (Å²) >= 11 is 0. The molecule has 0 N–H and O–H groups in total. The van der Waals surface area contributed by atoms with Crippen LogP contribution in [0.2, 0.25) is 0 Å². The van der Waals surface area contributed by atoms with Crippen LogP contribution in [0.3, 0.4) is 0 Å². The van der Waals surface area contributed by atoms with E-state index in [9.17, 15) is 4.79 Å². The Kier molecular flexibility index (Phi) is 9.31. The van der Waals surface area contributed by atoms with Gasteiger partial charge in [-0.2, -0.15) is 4.57 Å². The van der Waals surface area contributed by atoms with Gasteiger partial charge in [0.25, 0.3) is 0 Å². The molecule has 110 valence electrons. The molecule has 0 aromatic carbocycles. The van der Waals surface area contributed by atoms with Gasteiger partial charge in [-0.3, -0.25) is 4.79 Å². The van der Waals surface area contributed by atoms with Crippen LogP contribution in [0.4, 0.5) is 0 Å². The third kappa shape index (κ3) is 7.21. The lowest BCUT2D eigenvalue weighted by molar-refractivity contribution is -0.671. The zero-order chi connectivity index (χ0) is 13.4. The number of nitrogens with zero attached hydrogens (tertiary/aromatic N) is 2. The lowest BCUT2D eigenvalue weighted by Crippen LogP contribution is -3.00. The number of esters is 1. The van der Waals surface area contributed by atoms with Gasteiger partial charge >= 0.3 is 5.97 Å². The number of ether oxygens (including phenoxy) is 1. The van der Waals surface area contributed by atoms with E-state index in [0.717, 1.165) is 12.8 Å². The minimum atomic E-state index is -0.227. The Morgan fingerprint density at radius 1 is 1.32 bits per heavy atom. The van der Waals surface area contributed by atoms with Crippen LogP contribution in [0.1, 0.15) is 58.6 Å². The molecular weight excluding hydrogens is 264 g/mol. The van der Waals surface area contributed by atoms with Gasteiger partial charge in [0, 0.05) is 13.3 Å². The van der Waals surface area contributed by atoms with Crippen molar-refractivity contribution in [3.05, 3.63) is 18.7 Å². The summed E-state index contributed by atoms with van der Waals surface area (Å²) in [5.41, 5.74) is 0. The summed E-state index contributed by atoms with van der Waals surface area (Å²) in [5.74, 6) is -0.102. The third-order valence-electron chi connectivity index (χ3n) is 3.00. The van der Waals surface area contributed by atoms with Gasteiger partial charge in [0.1, 0.15) is 12.4 Å². The molecule has 1 unspecified atom stereocenters. The van der Waals surface area contributed by atoms with Gasteiger partial charge in [0.2, 0.25) is 12.6 Å². The van der Waals surface area contributed by atoms with Crippen molar-refractivity contribution in [2.24, 2.45) is 7.05 Å². The highest BCUT2D eigenvalue weighted by molar-refractivity contribution is 5.69. The van der Waals surface area contributed by atoms with Crippen LogP contribution < -0.4 is 17.0 Å². The molecule has 0 fully saturated rings. The third-order valence-corrected chi connectivity index (χ3v) is 3.00. The van der Waals surface area contributed by atoms with Crippen molar-refractivity contribution in [1.29, 1.82) is 0 Å². The summed E-state index contributed by atoms with van der Waals surface area (Å²) in [6, 6.07) is 0. The first-order valence-corrected chi connectivity index (χ1v) is 6.85. The average molecular weight is 289 g/mol. The Labute approximate surface area is 122 Å². The van der Waals surface area contributed by atoms with E-state index >= 15 is 0 Å². The molecule has 1 atom stereocenters. The fraction of sp³-hybridized carbons (Fsp3) is 0.714.